The second-order valence-corrected chi connectivity index (χ2v) is 6.79. The molecule has 1 N–H and O–H groups in total. The van der Waals surface area contributed by atoms with E-state index in [9.17, 15) is 9.59 Å². The summed E-state index contributed by atoms with van der Waals surface area (Å²) in [5, 5.41) is 3.77. The summed E-state index contributed by atoms with van der Waals surface area (Å²) in [5.74, 6) is -1.26. The van der Waals surface area contributed by atoms with Crippen LogP contribution in [-0.2, 0) is 4.79 Å². The van der Waals surface area contributed by atoms with Crippen LogP contribution < -0.4 is 5.32 Å². The Labute approximate surface area is 169 Å². The summed E-state index contributed by atoms with van der Waals surface area (Å²) >= 11 is 6.26. The fraction of sp³-hybridized carbons (Fsp3) is 0.0833. The number of carbonyl (C=O) groups excluding carboxylic acids is 2. The maximum absolute atomic E-state index is 12.8. The number of benzene rings is 3. The van der Waals surface area contributed by atoms with E-state index in [1.54, 1.807) is 37.3 Å². The van der Waals surface area contributed by atoms with Gasteiger partial charge < -0.3 is 5.32 Å². The van der Waals surface area contributed by atoms with Crippen molar-refractivity contribution in [2.45, 2.75) is 6.92 Å². The van der Waals surface area contributed by atoms with Gasteiger partial charge in [-0.15, -0.1) is 0 Å². The summed E-state index contributed by atoms with van der Waals surface area (Å²) < 4.78 is 0. The predicted octanol–water partition coefficient (Wildman–Crippen LogP) is 5.88. The van der Waals surface area contributed by atoms with E-state index >= 15 is 0 Å². The van der Waals surface area contributed by atoms with Crippen molar-refractivity contribution < 1.29 is 9.59 Å². The molecule has 0 heterocycles. The first kappa shape index (κ1) is 19.6. The van der Waals surface area contributed by atoms with E-state index in [1.165, 1.54) is 6.08 Å². The Bertz CT molecular complexity index is 997. The zero-order chi connectivity index (χ0) is 19.9. The number of allylic oxidation sites excluding steroid dienone is 1. The highest BCUT2D eigenvalue weighted by atomic mass is 35.5. The van der Waals surface area contributed by atoms with E-state index < -0.39 is 5.92 Å². The van der Waals surface area contributed by atoms with Crippen LogP contribution in [0, 0.1) is 5.92 Å². The van der Waals surface area contributed by atoms with Gasteiger partial charge in [0.15, 0.2) is 11.6 Å². The topological polar surface area (TPSA) is 46.2 Å². The molecule has 4 heteroatoms. The third-order valence-corrected chi connectivity index (χ3v) is 4.72. The van der Waals surface area contributed by atoms with Gasteiger partial charge in [-0.05, 0) is 24.6 Å². The molecule has 1 unspecified atom stereocenters. The molecule has 0 aliphatic carbocycles. The lowest BCUT2D eigenvalue weighted by molar-refractivity contribution is -0.116. The van der Waals surface area contributed by atoms with E-state index in [0.717, 1.165) is 5.56 Å². The van der Waals surface area contributed by atoms with Crippen LogP contribution in [-0.4, -0.2) is 11.6 Å². The van der Waals surface area contributed by atoms with E-state index in [0.29, 0.717) is 22.0 Å². The number of hydrogen-bond donors (Lipinski definition) is 1. The van der Waals surface area contributed by atoms with Crippen molar-refractivity contribution in [1.82, 2.24) is 0 Å². The van der Waals surface area contributed by atoms with E-state index in [2.05, 4.69) is 5.32 Å². The number of nitrogens with one attached hydrogen (secondary N) is 1. The third-order valence-electron chi connectivity index (χ3n) is 4.39. The minimum Gasteiger partial charge on any atom is -0.354 e. The molecule has 0 saturated heterocycles. The SMILES string of the molecule is CC(C(=O)/C=C(/Nc1ccccc1Cl)c1ccccc1)C(=O)c1ccccc1. The molecule has 0 spiro atoms. The first-order chi connectivity index (χ1) is 13.6. The number of rotatable bonds is 7. The highest BCUT2D eigenvalue weighted by Gasteiger charge is 2.22. The molecule has 140 valence electrons. The summed E-state index contributed by atoms with van der Waals surface area (Å²) in [6.45, 7) is 1.63. The Morgan fingerprint density at radius 1 is 0.821 bits per heavy atom. The molecule has 3 aromatic carbocycles. The van der Waals surface area contributed by atoms with Gasteiger partial charge in [0.05, 0.1) is 16.6 Å². The first-order valence-corrected chi connectivity index (χ1v) is 9.36. The Kier molecular flexibility index (Phi) is 6.41. The lowest BCUT2D eigenvalue weighted by Crippen LogP contribution is -2.20. The second kappa shape index (κ2) is 9.16. The van der Waals surface area contributed by atoms with E-state index in [-0.39, 0.29) is 11.6 Å². The fourth-order valence-electron chi connectivity index (χ4n) is 2.77. The summed E-state index contributed by atoms with van der Waals surface area (Å²) in [6, 6.07) is 25.6. The van der Waals surface area contributed by atoms with Gasteiger partial charge in [-0.2, -0.15) is 0 Å². The van der Waals surface area contributed by atoms with Gasteiger partial charge in [-0.1, -0.05) is 84.4 Å². The van der Waals surface area contributed by atoms with Crippen LogP contribution in [0.1, 0.15) is 22.8 Å². The number of hydrogen-bond acceptors (Lipinski definition) is 3. The summed E-state index contributed by atoms with van der Waals surface area (Å²) in [5.41, 5.74) is 2.63. The van der Waals surface area contributed by atoms with Crippen LogP contribution in [0.25, 0.3) is 5.70 Å². The molecule has 28 heavy (non-hydrogen) atoms. The summed E-state index contributed by atoms with van der Waals surface area (Å²) in [4.78, 5) is 25.5. The van der Waals surface area contributed by atoms with Crippen molar-refractivity contribution in [2.24, 2.45) is 5.92 Å². The lowest BCUT2D eigenvalue weighted by Gasteiger charge is -2.14. The Morgan fingerprint density at radius 2 is 1.36 bits per heavy atom. The zero-order valence-electron chi connectivity index (χ0n) is 15.4. The van der Waals surface area contributed by atoms with Crippen molar-refractivity contribution in [3.63, 3.8) is 0 Å². The number of para-hydroxylation sites is 1. The minimum atomic E-state index is -0.783. The molecule has 0 bridgehead atoms. The number of halogens is 1. The molecular weight excluding hydrogens is 370 g/mol. The van der Waals surface area contributed by atoms with Crippen molar-refractivity contribution in [1.29, 1.82) is 0 Å². The van der Waals surface area contributed by atoms with Crippen molar-refractivity contribution in [2.75, 3.05) is 5.32 Å². The highest BCUT2D eigenvalue weighted by Crippen LogP contribution is 2.26. The van der Waals surface area contributed by atoms with Crippen LogP contribution in [0.5, 0.6) is 0 Å². The van der Waals surface area contributed by atoms with Gasteiger partial charge in [0.1, 0.15) is 0 Å². The van der Waals surface area contributed by atoms with Gasteiger partial charge in [0.25, 0.3) is 0 Å². The molecule has 0 aromatic heterocycles. The first-order valence-electron chi connectivity index (χ1n) is 8.98. The van der Waals surface area contributed by atoms with Crippen LogP contribution in [0.4, 0.5) is 5.69 Å². The van der Waals surface area contributed by atoms with Gasteiger partial charge in [-0.25, -0.2) is 0 Å². The van der Waals surface area contributed by atoms with Crippen molar-refractivity contribution in [3.8, 4) is 0 Å². The van der Waals surface area contributed by atoms with Crippen LogP contribution >= 0.6 is 11.6 Å². The standard InChI is InChI=1S/C24H20ClNO2/c1-17(24(28)19-12-6-3-7-13-19)23(27)16-22(18-10-4-2-5-11-18)26-21-15-9-8-14-20(21)25/h2-17,26H,1H3/b22-16+. The molecule has 1 atom stereocenters. The third kappa shape index (κ3) is 4.76. The van der Waals surface area contributed by atoms with Gasteiger partial charge in [0, 0.05) is 17.3 Å². The van der Waals surface area contributed by atoms with Gasteiger partial charge in [-0.3, -0.25) is 9.59 Å². The minimum absolute atomic E-state index is 0.202. The van der Waals surface area contributed by atoms with Crippen LogP contribution in [0.3, 0.4) is 0 Å². The average molecular weight is 390 g/mol. The maximum atomic E-state index is 12.8. The second-order valence-electron chi connectivity index (χ2n) is 6.38. The number of Topliss-reactive ketones (excluding diaryl/α,β-unsaturated/α-hetero) is 1. The molecule has 3 rings (SSSR count). The average Bonchev–Trinajstić information content (AvgIpc) is 2.75. The van der Waals surface area contributed by atoms with E-state index in [1.807, 2.05) is 54.6 Å². The summed E-state index contributed by atoms with van der Waals surface area (Å²) in [7, 11) is 0. The maximum Gasteiger partial charge on any atom is 0.173 e. The molecule has 0 aliphatic rings. The molecule has 3 nitrogen and oxygen atoms in total. The van der Waals surface area contributed by atoms with Crippen molar-refractivity contribution in [3.05, 3.63) is 107 Å². The van der Waals surface area contributed by atoms with Crippen LogP contribution in [0.15, 0.2) is 91.0 Å². The highest BCUT2D eigenvalue weighted by molar-refractivity contribution is 6.33. The number of ketones is 2. The normalized spacial score (nSPS) is 12.3. The Hall–Kier alpha value is -3.17. The molecule has 3 aromatic rings. The van der Waals surface area contributed by atoms with Crippen molar-refractivity contribution >= 4 is 34.6 Å². The predicted molar refractivity (Wildman–Crippen MR) is 114 cm³/mol. The summed E-state index contributed by atoms with van der Waals surface area (Å²) in [6.07, 6.45) is 1.48. The zero-order valence-corrected chi connectivity index (χ0v) is 16.2. The van der Waals surface area contributed by atoms with Gasteiger partial charge >= 0.3 is 0 Å². The molecule has 0 saturated carbocycles. The quantitative estimate of drug-likeness (QED) is 0.311. The molecule has 0 aliphatic heterocycles. The lowest BCUT2D eigenvalue weighted by atomic mass is 9.94. The van der Waals surface area contributed by atoms with Gasteiger partial charge in [0.2, 0.25) is 0 Å². The molecule has 0 amide bonds. The largest absolute Gasteiger partial charge is 0.354 e. The van der Waals surface area contributed by atoms with E-state index in [4.69, 9.17) is 11.6 Å². The monoisotopic (exact) mass is 389 g/mol. The smallest absolute Gasteiger partial charge is 0.173 e. The number of carbonyl (C=O) groups is 2. The number of anilines is 1. The Balaban J connectivity index is 1.91. The molecular formula is C24H20ClNO2. The fourth-order valence-corrected chi connectivity index (χ4v) is 2.95. The Morgan fingerprint density at radius 3 is 1.96 bits per heavy atom. The van der Waals surface area contributed by atoms with Crippen LogP contribution in [0.2, 0.25) is 5.02 Å². The molecule has 0 fully saturated rings. The molecule has 0 radical (unpaired) electrons.